The molecule has 0 radical (unpaired) electrons. The smallest absolute Gasteiger partial charge is 0.305 e. The lowest BCUT2D eigenvalue weighted by Crippen LogP contribution is -2.14. The second-order valence-corrected chi connectivity index (χ2v) is 7.64. The number of unbranched alkanes of at least 4 members (excludes halogenated alkanes) is 8. The van der Waals surface area contributed by atoms with Crippen molar-refractivity contribution >= 4 is 5.97 Å². The lowest BCUT2D eigenvalue weighted by atomic mass is 9.92. The molecule has 0 N–H and O–H groups in total. The Morgan fingerprint density at radius 2 is 1.18 bits per heavy atom. The molecule has 0 saturated carbocycles. The topological polar surface area (TPSA) is 26.3 Å². The number of carbonyl (C=O) groups is 1. The zero-order valence-electron chi connectivity index (χ0n) is 17.4. The zero-order chi connectivity index (χ0) is 19.9. The van der Waals surface area contributed by atoms with Crippen LogP contribution in [0.15, 0.2) is 60.7 Å². The van der Waals surface area contributed by atoms with Crippen molar-refractivity contribution in [1.82, 2.24) is 0 Å². The van der Waals surface area contributed by atoms with E-state index in [9.17, 15) is 4.79 Å². The van der Waals surface area contributed by atoms with Crippen molar-refractivity contribution in [2.24, 2.45) is 0 Å². The van der Waals surface area contributed by atoms with Gasteiger partial charge < -0.3 is 4.74 Å². The molecule has 0 atom stereocenters. The average Bonchev–Trinajstić information content (AvgIpc) is 2.74. The van der Waals surface area contributed by atoms with Crippen LogP contribution < -0.4 is 0 Å². The van der Waals surface area contributed by atoms with Gasteiger partial charge in [0.15, 0.2) is 0 Å². The minimum absolute atomic E-state index is 0.0696. The number of hydrogen-bond donors (Lipinski definition) is 0. The van der Waals surface area contributed by atoms with Crippen LogP contribution in [0.2, 0.25) is 0 Å². The van der Waals surface area contributed by atoms with Gasteiger partial charge >= 0.3 is 5.97 Å². The van der Waals surface area contributed by atoms with E-state index < -0.39 is 0 Å². The van der Waals surface area contributed by atoms with Gasteiger partial charge in [0.1, 0.15) is 6.61 Å². The monoisotopic (exact) mass is 380 g/mol. The van der Waals surface area contributed by atoms with Crippen LogP contribution in [0.4, 0.5) is 0 Å². The quantitative estimate of drug-likeness (QED) is 0.254. The van der Waals surface area contributed by atoms with Crippen LogP contribution in [-0.2, 0) is 9.53 Å². The van der Waals surface area contributed by atoms with E-state index >= 15 is 0 Å². The molecule has 0 aliphatic heterocycles. The summed E-state index contributed by atoms with van der Waals surface area (Å²) in [5.74, 6) is 0.0225. The van der Waals surface area contributed by atoms with Crippen molar-refractivity contribution in [1.29, 1.82) is 0 Å². The van der Waals surface area contributed by atoms with Crippen molar-refractivity contribution in [3.8, 4) is 0 Å². The summed E-state index contributed by atoms with van der Waals surface area (Å²) in [5, 5.41) is 0. The molecule has 2 rings (SSSR count). The SMILES string of the molecule is CCCCCCCCCCCC(=O)OCC(c1ccccc1)c1ccccc1. The fourth-order valence-corrected chi connectivity index (χ4v) is 3.58. The second-order valence-electron chi connectivity index (χ2n) is 7.64. The van der Waals surface area contributed by atoms with Crippen molar-refractivity contribution in [3.05, 3.63) is 71.8 Å². The van der Waals surface area contributed by atoms with Crippen LogP contribution >= 0.6 is 0 Å². The fraction of sp³-hybridized carbons (Fsp3) is 0.500. The van der Waals surface area contributed by atoms with E-state index in [1.165, 1.54) is 56.1 Å². The molecule has 2 aromatic rings. The van der Waals surface area contributed by atoms with E-state index in [2.05, 4.69) is 31.2 Å². The number of hydrogen-bond acceptors (Lipinski definition) is 2. The predicted molar refractivity (Wildman–Crippen MR) is 118 cm³/mol. The second kappa shape index (κ2) is 14.0. The third-order valence-electron chi connectivity index (χ3n) is 5.30. The molecule has 0 aliphatic rings. The first kappa shape index (κ1) is 22.2. The molecule has 0 aliphatic carbocycles. The Morgan fingerprint density at radius 3 is 1.68 bits per heavy atom. The molecule has 0 aromatic heterocycles. The molecule has 2 heteroatoms. The Hall–Kier alpha value is -2.09. The van der Waals surface area contributed by atoms with E-state index in [1.54, 1.807) is 0 Å². The number of carbonyl (C=O) groups excluding carboxylic acids is 1. The molecule has 152 valence electrons. The molecule has 2 aromatic carbocycles. The highest BCUT2D eigenvalue weighted by Gasteiger charge is 2.16. The van der Waals surface area contributed by atoms with Gasteiger partial charge in [-0.2, -0.15) is 0 Å². The Kier molecular flexibility index (Phi) is 11.1. The summed E-state index contributed by atoms with van der Waals surface area (Å²) in [6, 6.07) is 20.6. The van der Waals surface area contributed by atoms with Gasteiger partial charge in [-0.05, 0) is 17.5 Å². The maximum Gasteiger partial charge on any atom is 0.305 e. The number of esters is 1. The lowest BCUT2D eigenvalue weighted by Gasteiger charge is -2.18. The van der Waals surface area contributed by atoms with E-state index in [4.69, 9.17) is 4.74 Å². The highest BCUT2D eigenvalue weighted by Crippen LogP contribution is 2.25. The Balaban J connectivity index is 1.68. The Morgan fingerprint density at radius 1 is 0.714 bits per heavy atom. The molecule has 0 amide bonds. The summed E-state index contributed by atoms with van der Waals surface area (Å²) in [4.78, 5) is 12.2. The lowest BCUT2D eigenvalue weighted by molar-refractivity contribution is -0.144. The summed E-state index contributed by atoms with van der Waals surface area (Å²) >= 11 is 0. The number of rotatable bonds is 14. The maximum absolute atomic E-state index is 12.2. The first-order valence-electron chi connectivity index (χ1n) is 11.1. The number of ether oxygens (including phenoxy) is 1. The van der Waals surface area contributed by atoms with Gasteiger partial charge in [-0.25, -0.2) is 0 Å². The van der Waals surface area contributed by atoms with Crippen LogP contribution in [0, 0.1) is 0 Å². The van der Waals surface area contributed by atoms with Gasteiger partial charge in [0.2, 0.25) is 0 Å². The molecule has 0 fully saturated rings. The van der Waals surface area contributed by atoms with Gasteiger partial charge in [0.25, 0.3) is 0 Å². The molecular formula is C26H36O2. The van der Waals surface area contributed by atoms with E-state index in [-0.39, 0.29) is 11.9 Å². The van der Waals surface area contributed by atoms with Crippen molar-refractivity contribution in [2.75, 3.05) is 6.61 Å². The van der Waals surface area contributed by atoms with Crippen LogP contribution in [-0.4, -0.2) is 12.6 Å². The molecule has 0 heterocycles. The number of benzene rings is 2. The molecular weight excluding hydrogens is 344 g/mol. The summed E-state index contributed by atoms with van der Waals surface area (Å²) in [7, 11) is 0. The van der Waals surface area contributed by atoms with Crippen LogP contribution in [0.5, 0.6) is 0 Å². The van der Waals surface area contributed by atoms with Crippen LogP contribution in [0.25, 0.3) is 0 Å². The minimum Gasteiger partial charge on any atom is -0.465 e. The van der Waals surface area contributed by atoms with Gasteiger partial charge in [-0.3, -0.25) is 4.79 Å². The van der Waals surface area contributed by atoms with Gasteiger partial charge in [-0.1, -0.05) is 119 Å². The minimum atomic E-state index is -0.0696. The third-order valence-corrected chi connectivity index (χ3v) is 5.30. The Labute approximate surface area is 171 Å². The van der Waals surface area contributed by atoms with Gasteiger partial charge in [0, 0.05) is 12.3 Å². The molecule has 2 nitrogen and oxygen atoms in total. The summed E-state index contributed by atoms with van der Waals surface area (Å²) < 4.78 is 5.65. The van der Waals surface area contributed by atoms with E-state index in [0.717, 1.165) is 12.8 Å². The normalized spacial score (nSPS) is 10.9. The van der Waals surface area contributed by atoms with Gasteiger partial charge in [-0.15, -0.1) is 0 Å². The van der Waals surface area contributed by atoms with Crippen molar-refractivity contribution in [3.63, 3.8) is 0 Å². The highest BCUT2D eigenvalue weighted by atomic mass is 16.5. The molecule has 0 bridgehead atoms. The first-order chi connectivity index (χ1) is 13.8. The third kappa shape index (κ3) is 8.73. The largest absolute Gasteiger partial charge is 0.465 e. The van der Waals surface area contributed by atoms with Crippen LogP contribution in [0.1, 0.15) is 88.2 Å². The van der Waals surface area contributed by atoms with E-state index in [0.29, 0.717) is 13.0 Å². The molecule has 28 heavy (non-hydrogen) atoms. The van der Waals surface area contributed by atoms with Crippen LogP contribution in [0.3, 0.4) is 0 Å². The maximum atomic E-state index is 12.2. The first-order valence-corrected chi connectivity index (χ1v) is 11.1. The van der Waals surface area contributed by atoms with E-state index in [1.807, 2.05) is 36.4 Å². The van der Waals surface area contributed by atoms with Crippen molar-refractivity contribution < 1.29 is 9.53 Å². The average molecular weight is 381 g/mol. The predicted octanol–water partition coefficient (Wildman–Crippen LogP) is 7.28. The van der Waals surface area contributed by atoms with Gasteiger partial charge in [0.05, 0.1) is 0 Å². The van der Waals surface area contributed by atoms with Crippen molar-refractivity contribution in [2.45, 2.75) is 77.0 Å². The Bertz CT molecular complexity index is 596. The zero-order valence-corrected chi connectivity index (χ0v) is 17.4. The molecule has 0 unspecified atom stereocenters. The molecule has 0 spiro atoms. The summed E-state index contributed by atoms with van der Waals surface area (Å²) in [6.07, 6.45) is 11.9. The standard InChI is InChI=1S/C26H36O2/c1-2-3-4-5-6-7-8-9-16-21-26(27)28-22-25(23-17-12-10-13-18-23)24-19-14-11-15-20-24/h10-15,17-20,25H,2-9,16,21-22H2,1H3. The summed E-state index contributed by atoms with van der Waals surface area (Å²) in [6.45, 7) is 2.66. The fourth-order valence-electron chi connectivity index (χ4n) is 3.58. The highest BCUT2D eigenvalue weighted by molar-refractivity contribution is 5.69. The molecule has 0 saturated heterocycles. The summed E-state index contributed by atoms with van der Waals surface area (Å²) in [5.41, 5.74) is 2.37.